The van der Waals surface area contributed by atoms with Crippen LogP contribution in [0.1, 0.15) is 83.9 Å². The van der Waals surface area contributed by atoms with Crippen LogP contribution in [-0.4, -0.2) is 93.0 Å². The topological polar surface area (TPSA) is 83.9 Å². The average Bonchev–Trinajstić information content (AvgIpc) is 3.60. The minimum atomic E-state index is -0.928. The summed E-state index contributed by atoms with van der Waals surface area (Å²) >= 11 is 0. The zero-order valence-corrected chi connectivity index (χ0v) is 30.8. The molecule has 9 nitrogen and oxygen atoms in total. The van der Waals surface area contributed by atoms with Gasteiger partial charge < -0.3 is 19.3 Å². The SMILES string of the molecule is CC[C@@H]1CN2c3nc(OC[C@@]45CCCN4C[C@H](F)C5)nc4c(F)c(-c5cccc6ccc(F)c(C)c56)nc(c34)[C@@H](C)C[C@@H]2CN1C(=O)OC(C)(C)C. The smallest absolute Gasteiger partial charge is 0.410 e. The maximum Gasteiger partial charge on any atom is 0.410 e. The third kappa shape index (κ3) is 5.81. The van der Waals surface area contributed by atoms with Crippen LogP contribution in [0.3, 0.4) is 0 Å². The third-order valence-corrected chi connectivity index (χ3v) is 11.7. The molecule has 6 heterocycles. The molecule has 0 bridgehead atoms. The zero-order valence-electron chi connectivity index (χ0n) is 30.8. The Morgan fingerprint density at radius 2 is 1.87 bits per heavy atom. The molecule has 3 fully saturated rings. The number of ether oxygens (including phenoxy) is 2. The predicted molar refractivity (Wildman–Crippen MR) is 195 cm³/mol. The first-order chi connectivity index (χ1) is 24.8. The number of anilines is 1. The van der Waals surface area contributed by atoms with Crippen molar-refractivity contribution in [3.63, 3.8) is 0 Å². The molecule has 0 radical (unpaired) electrons. The second-order valence-corrected chi connectivity index (χ2v) is 16.3. The fourth-order valence-electron chi connectivity index (χ4n) is 9.17. The molecular weight excluding hydrogens is 669 g/mol. The highest BCUT2D eigenvalue weighted by atomic mass is 19.1. The van der Waals surface area contributed by atoms with E-state index in [1.165, 1.54) is 6.07 Å². The lowest BCUT2D eigenvalue weighted by molar-refractivity contribution is 0.00949. The molecule has 0 N–H and O–H groups in total. The van der Waals surface area contributed by atoms with Crippen LogP contribution in [0, 0.1) is 18.6 Å². The van der Waals surface area contributed by atoms with Crippen LogP contribution in [0.15, 0.2) is 30.3 Å². The summed E-state index contributed by atoms with van der Waals surface area (Å²) in [5.41, 5.74) is 0.591. The van der Waals surface area contributed by atoms with E-state index in [1.807, 2.05) is 44.7 Å². The number of benzene rings is 2. The fourth-order valence-corrected chi connectivity index (χ4v) is 9.17. The number of carbonyl (C=O) groups is 1. The summed E-state index contributed by atoms with van der Waals surface area (Å²) in [5, 5.41) is 1.88. The minimum absolute atomic E-state index is 0.0177. The summed E-state index contributed by atoms with van der Waals surface area (Å²) in [4.78, 5) is 34.5. The molecule has 3 saturated heterocycles. The normalized spacial score (nSPS) is 26.1. The third-order valence-electron chi connectivity index (χ3n) is 11.7. The first-order valence-corrected chi connectivity index (χ1v) is 18.6. The van der Waals surface area contributed by atoms with Crippen molar-refractivity contribution in [2.45, 2.75) is 109 Å². The summed E-state index contributed by atoms with van der Waals surface area (Å²) in [6, 6.07) is 8.24. The molecular formula is C40H47F3N6O3. The van der Waals surface area contributed by atoms with Crippen molar-refractivity contribution in [3.8, 4) is 17.3 Å². The summed E-state index contributed by atoms with van der Waals surface area (Å²) in [6.45, 7) is 13.6. The number of pyridine rings is 1. The van der Waals surface area contributed by atoms with E-state index >= 15 is 4.39 Å². The van der Waals surface area contributed by atoms with Gasteiger partial charge in [-0.2, -0.15) is 9.97 Å². The Bertz CT molecular complexity index is 2070. The van der Waals surface area contributed by atoms with Gasteiger partial charge in [-0.05, 0) is 82.3 Å². The number of amides is 1. The molecule has 276 valence electrons. The number of halogens is 3. The lowest BCUT2D eigenvalue weighted by atomic mass is 9.93. The van der Waals surface area contributed by atoms with Gasteiger partial charge in [0.05, 0.1) is 22.7 Å². The summed E-state index contributed by atoms with van der Waals surface area (Å²) in [7, 11) is 0. The molecule has 5 atom stereocenters. The molecule has 52 heavy (non-hydrogen) atoms. The quantitative estimate of drug-likeness (QED) is 0.205. The molecule has 2 aromatic heterocycles. The second kappa shape index (κ2) is 12.7. The standard InChI is InChI=1S/C40H47F3N6O3/c1-7-26-19-48-27(20-49(26)38(50)52-39(4,5)6)16-22(2)33-31-35(32(43)34(44-33)28-11-8-10-24-12-13-29(42)23(3)30(24)28)45-37(46-36(31)48)51-21-40-14-9-15-47(40)18-25(41)17-40/h8,10-13,22,25-27H,7,9,14-21H2,1-6H3/t22-,25+,26+,27+,40-/m0/s1. The Morgan fingerprint density at radius 1 is 1.06 bits per heavy atom. The number of aryl methyl sites for hydroxylation is 1. The average molecular weight is 717 g/mol. The van der Waals surface area contributed by atoms with Gasteiger partial charge in [-0.1, -0.05) is 38.1 Å². The van der Waals surface area contributed by atoms with E-state index < -0.39 is 23.1 Å². The molecule has 1 amide bonds. The predicted octanol–water partition coefficient (Wildman–Crippen LogP) is 8.10. The van der Waals surface area contributed by atoms with Gasteiger partial charge in [0.25, 0.3) is 0 Å². The number of carbonyl (C=O) groups excluding carboxylic acids is 1. The van der Waals surface area contributed by atoms with E-state index in [4.69, 9.17) is 24.4 Å². The maximum atomic E-state index is 17.3. The number of hydrogen-bond donors (Lipinski definition) is 0. The monoisotopic (exact) mass is 716 g/mol. The van der Waals surface area contributed by atoms with Crippen molar-refractivity contribution in [1.82, 2.24) is 24.8 Å². The Balaban J connectivity index is 1.29. The zero-order chi connectivity index (χ0) is 36.7. The van der Waals surface area contributed by atoms with E-state index in [0.29, 0.717) is 72.3 Å². The second-order valence-electron chi connectivity index (χ2n) is 16.3. The van der Waals surface area contributed by atoms with Gasteiger partial charge in [-0.15, -0.1) is 0 Å². The van der Waals surface area contributed by atoms with Gasteiger partial charge in [0.15, 0.2) is 5.82 Å². The van der Waals surface area contributed by atoms with Gasteiger partial charge in [-0.25, -0.2) is 22.9 Å². The number of alkyl halides is 1. The molecule has 12 heteroatoms. The molecule has 4 aliphatic heterocycles. The molecule has 4 aromatic rings. The van der Waals surface area contributed by atoms with Gasteiger partial charge in [0.2, 0.25) is 0 Å². The van der Waals surface area contributed by atoms with Crippen LogP contribution in [0.5, 0.6) is 6.01 Å². The number of aromatic nitrogens is 3. The highest BCUT2D eigenvalue weighted by Gasteiger charge is 2.50. The Labute approximate surface area is 302 Å². The number of nitrogens with zero attached hydrogens (tertiary/aromatic N) is 6. The lowest BCUT2D eigenvalue weighted by Gasteiger charge is -2.46. The van der Waals surface area contributed by atoms with Gasteiger partial charge in [0, 0.05) is 43.6 Å². The first kappa shape index (κ1) is 34.9. The van der Waals surface area contributed by atoms with Crippen molar-refractivity contribution in [2.24, 2.45) is 0 Å². The van der Waals surface area contributed by atoms with E-state index in [2.05, 4.69) is 16.7 Å². The van der Waals surface area contributed by atoms with Crippen LogP contribution < -0.4 is 9.64 Å². The highest BCUT2D eigenvalue weighted by molar-refractivity contribution is 6.02. The molecule has 0 spiro atoms. The van der Waals surface area contributed by atoms with Crippen LogP contribution in [0.2, 0.25) is 0 Å². The maximum absolute atomic E-state index is 17.3. The highest BCUT2D eigenvalue weighted by Crippen LogP contribution is 2.45. The minimum Gasteiger partial charge on any atom is -0.461 e. The molecule has 0 saturated carbocycles. The molecule has 0 aliphatic carbocycles. The molecule has 8 rings (SSSR count). The summed E-state index contributed by atoms with van der Waals surface area (Å²) in [6.07, 6.45) is 2.13. The van der Waals surface area contributed by atoms with Crippen LogP contribution in [-0.2, 0) is 4.74 Å². The summed E-state index contributed by atoms with van der Waals surface area (Å²) < 4.78 is 59.2. The van der Waals surface area contributed by atoms with Gasteiger partial charge >= 0.3 is 12.1 Å². The first-order valence-electron chi connectivity index (χ1n) is 18.6. The van der Waals surface area contributed by atoms with Crippen molar-refractivity contribution in [3.05, 3.63) is 53.2 Å². The lowest BCUT2D eigenvalue weighted by Crippen LogP contribution is -2.60. The van der Waals surface area contributed by atoms with Gasteiger partial charge in [0.1, 0.15) is 41.2 Å². The Hall–Kier alpha value is -4.19. The largest absolute Gasteiger partial charge is 0.461 e. The number of piperazine rings is 1. The van der Waals surface area contributed by atoms with Crippen molar-refractivity contribution >= 4 is 33.6 Å². The number of fused-ring (bicyclic) bond motifs is 4. The fraction of sp³-hybridized carbons (Fsp3) is 0.550. The number of hydrogen-bond acceptors (Lipinski definition) is 8. The van der Waals surface area contributed by atoms with Crippen LogP contribution in [0.25, 0.3) is 32.9 Å². The Kier molecular flexibility index (Phi) is 8.54. The van der Waals surface area contributed by atoms with Crippen LogP contribution >= 0.6 is 0 Å². The van der Waals surface area contributed by atoms with Crippen molar-refractivity contribution in [1.29, 1.82) is 0 Å². The van der Waals surface area contributed by atoms with E-state index in [-0.39, 0.29) is 53.7 Å². The molecule has 0 unspecified atom stereocenters. The van der Waals surface area contributed by atoms with Gasteiger partial charge in [-0.3, -0.25) is 4.90 Å². The molecule has 2 aromatic carbocycles. The number of rotatable bonds is 5. The van der Waals surface area contributed by atoms with E-state index in [0.717, 1.165) is 24.8 Å². The summed E-state index contributed by atoms with van der Waals surface area (Å²) in [5.74, 6) is -0.685. The molecule has 4 aliphatic rings. The Morgan fingerprint density at radius 3 is 2.63 bits per heavy atom. The van der Waals surface area contributed by atoms with Crippen molar-refractivity contribution in [2.75, 3.05) is 37.7 Å². The van der Waals surface area contributed by atoms with E-state index in [9.17, 15) is 13.6 Å². The van der Waals surface area contributed by atoms with Crippen LogP contribution in [0.4, 0.5) is 23.8 Å². The van der Waals surface area contributed by atoms with Crippen molar-refractivity contribution < 1.29 is 27.4 Å². The van der Waals surface area contributed by atoms with E-state index in [1.54, 1.807) is 19.1 Å².